The maximum atomic E-state index is 13.2. The Hall–Kier alpha value is -3.99. The van der Waals surface area contributed by atoms with E-state index in [1.807, 2.05) is 60.7 Å². The third-order valence-corrected chi connectivity index (χ3v) is 6.31. The van der Waals surface area contributed by atoms with E-state index in [0.717, 1.165) is 22.0 Å². The summed E-state index contributed by atoms with van der Waals surface area (Å²) in [5.41, 5.74) is 2.94. The maximum Gasteiger partial charge on any atom is 0.269 e. The molecule has 0 unspecified atom stereocenters. The van der Waals surface area contributed by atoms with Crippen LogP contribution in [0.25, 0.3) is 10.9 Å². The van der Waals surface area contributed by atoms with Gasteiger partial charge in [0.1, 0.15) is 0 Å². The van der Waals surface area contributed by atoms with E-state index < -0.39 is 5.41 Å². The summed E-state index contributed by atoms with van der Waals surface area (Å²) in [6.45, 7) is 4.19. The van der Waals surface area contributed by atoms with Crippen molar-refractivity contribution >= 4 is 22.5 Å². The van der Waals surface area contributed by atoms with Crippen molar-refractivity contribution in [2.75, 3.05) is 0 Å². The van der Waals surface area contributed by atoms with Crippen LogP contribution in [-0.4, -0.2) is 15.6 Å². The molecule has 0 aliphatic heterocycles. The minimum absolute atomic E-state index is 0.0178. The number of rotatable bonds is 6. The van der Waals surface area contributed by atoms with Crippen molar-refractivity contribution < 1.29 is 9.90 Å². The number of aromatic hydroxyl groups is 1. The molecule has 1 fully saturated rings. The van der Waals surface area contributed by atoms with Gasteiger partial charge in [-0.25, -0.2) is 0 Å². The molecule has 1 heterocycles. The van der Waals surface area contributed by atoms with Gasteiger partial charge in [-0.3, -0.25) is 4.79 Å². The Kier molecular flexibility index (Phi) is 4.94. The lowest BCUT2D eigenvalue weighted by atomic mass is 9.85. The number of hydrogen-bond acceptors (Lipinski definition) is 3. The molecule has 5 heteroatoms. The molecule has 1 saturated carbocycles. The van der Waals surface area contributed by atoms with Crippen LogP contribution < -0.4 is 0 Å². The van der Waals surface area contributed by atoms with E-state index in [2.05, 4.69) is 41.1 Å². The summed E-state index contributed by atoms with van der Waals surface area (Å²) in [5, 5.41) is 19.8. The van der Waals surface area contributed by atoms with Crippen LogP contribution >= 0.6 is 0 Å². The third-order valence-electron chi connectivity index (χ3n) is 6.31. The summed E-state index contributed by atoms with van der Waals surface area (Å²) in [4.78, 5) is 13.2. The van der Waals surface area contributed by atoms with Crippen molar-refractivity contribution in [1.82, 2.24) is 4.57 Å². The van der Waals surface area contributed by atoms with Gasteiger partial charge in [-0.2, -0.15) is 0 Å². The zero-order chi connectivity index (χ0) is 22.1. The second kappa shape index (κ2) is 7.93. The molecule has 158 valence electrons. The molecular weight excluding hydrogens is 398 g/mol. The van der Waals surface area contributed by atoms with Crippen molar-refractivity contribution in [2.45, 2.75) is 18.4 Å². The Morgan fingerprint density at radius 2 is 1.59 bits per heavy atom. The molecule has 5 nitrogen and oxygen atoms in total. The van der Waals surface area contributed by atoms with E-state index in [0.29, 0.717) is 18.7 Å². The standard InChI is InChI=1S/C27H23N3O2/c1-2-17-30-23-16-10-9-15-21(23)24(26(30)32)28-29-25(31)22-18-27(22,19-11-5-3-6-12-19)20-13-7-4-8-14-20/h2-16,22,32H,1,17-18H2/t22-/m1/s1. The number of aromatic nitrogens is 1. The zero-order valence-corrected chi connectivity index (χ0v) is 17.6. The average Bonchev–Trinajstić information content (AvgIpc) is 3.55. The number of carbonyl (C=O) groups is 1. The summed E-state index contributed by atoms with van der Waals surface area (Å²) in [6, 6.07) is 27.7. The summed E-state index contributed by atoms with van der Waals surface area (Å²) in [6.07, 6.45) is 2.39. The van der Waals surface area contributed by atoms with E-state index >= 15 is 0 Å². The predicted octanol–water partition coefficient (Wildman–Crippen LogP) is 6.15. The molecule has 1 atom stereocenters. The molecule has 0 spiro atoms. The number of allylic oxidation sites excluding steroid dienone is 1. The van der Waals surface area contributed by atoms with Gasteiger partial charge in [0, 0.05) is 17.3 Å². The number of nitrogens with zero attached hydrogens (tertiary/aromatic N) is 3. The van der Waals surface area contributed by atoms with Crippen molar-refractivity contribution in [3.05, 3.63) is 109 Å². The Labute approximate surface area is 186 Å². The normalized spacial score (nSPS) is 16.9. The molecule has 1 N–H and O–H groups in total. The lowest BCUT2D eigenvalue weighted by Crippen LogP contribution is -2.16. The first-order chi connectivity index (χ1) is 15.7. The SMILES string of the molecule is C=CCn1c(O)c(N=NC(=O)[C@H]2CC2(c2ccccc2)c2ccccc2)c2ccccc21. The highest BCUT2D eigenvalue weighted by atomic mass is 16.3. The molecule has 32 heavy (non-hydrogen) atoms. The maximum absolute atomic E-state index is 13.2. The molecule has 1 aliphatic rings. The van der Waals surface area contributed by atoms with Gasteiger partial charge in [-0.15, -0.1) is 16.8 Å². The molecule has 3 aromatic carbocycles. The molecular formula is C27H23N3O2. The quantitative estimate of drug-likeness (QED) is 0.300. The predicted molar refractivity (Wildman–Crippen MR) is 125 cm³/mol. The molecule has 0 saturated heterocycles. The largest absolute Gasteiger partial charge is 0.493 e. The second-order valence-corrected chi connectivity index (χ2v) is 8.09. The zero-order valence-electron chi connectivity index (χ0n) is 17.6. The van der Waals surface area contributed by atoms with Gasteiger partial charge in [0.25, 0.3) is 5.91 Å². The van der Waals surface area contributed by atoms with Crippen molar-refractivity contribution in [2.24, 2.45) is 16.1 Å². The van der Waals surface area contributed by atoms with Gasteiger partial charge in [-0.05, 0) is 23.6 Å². The van der Waals surface area contributed by atoms with Crippen LogP contribution in [0.1, 0.15) is 17.5 Å². The number of benzene rings is 3. The molecule has 1 aromatic heterocycles. The Morgan fingerprint density at radius 3 is 2.22 bits per heavy atom. The fourth-order valence-corrected chi connectivity index (χ4v) is 4.69. The molecule has 1 aliphatic carbocycles. The second-order valence-electron chi connectivity index (χ2n) is 8.09. The highest BCUT2D eigenvalue weighted by molar-refractivity contribution is 5.95. The number of hydrogen-bond donors (Lipinski definition) is 1. The van der Waals surface area contributed by atoms with Crippen molar-refractivity contribution in [3.8, 4) is 5.88 Å². The average molecular weight is 422 g/mol. The Balaban J connectivity index is 1.50. The minimum atomic E-state index is -0.391. The Morgan fingerprint density at radius 1 is 1.00 bits per heavy atom. The fourth-order valence-electron chi connectivity index (χ4n) is 4.69. The van der Waals surface area contributed by atoms with Gasteiger partial charge in [0.2, 0.25) is 5.88 Å². The first-order valence-corrected chi connectivity index (χ1v) is 10.6. The van der Waals surface area contributed by atoms with Gasteiger partial charge >= 0.3 is 0 Å². The van der Waals surface area contributed by atoms with E-state index in [9.17, 15) is 9.90 Å². The summed E-state index contributed by atoms with van der Waals surface area (Å²) < 4.78 is 1.70. The van der Waals surface area contributed by atoms with Crippen LogP contribution in [0, 0.1) is 5.92 Å². The Bertz CT molecular complexity index is 1280. The third kappa shape index (κ3) is 3.14. The topological polar surface area (TPSA) is 66.9 Å². The van der Waals surface area contributed by atoms with E-state index in [4.69, 9.17) is 0 Å². The fraction of sp³-hybridized carbons (Fsp3) is 0.148. The van der Waals surface area contributed by atoms with Crippen LogP contribution in [0.4, 0.5) is 5.69 Å². The van der Waals surface area contributed by atoms with Crippen LogP contribution in [0.5, 0.6) is 5.88 Å². The first kappa shape index (κ1) is 19.9. The molecule has 5 rings (SSSR count). The van der Waals surface area contributed by atoms with Crippen LogP contribution in [-0.2, 0) is 16.8 Å². The van der Waals surface area contributed by atoms with Gasteiger partial charge in [0.05, 0.1) is 11.4 Å². The lowest BCUT2D eigenvalue weighted by molar-refractivity contribution is -0.119. The van der Waals surface area contributed by atoms with E-state index in [1.54, 1.807) is 10.6 Å². The van der Waals surface area contributed by atoms with Gasteiger partial charge < -0.3 is 9.67 Å². The molecule has 0 radical (unpaired) electrons. The minimum Gasteiger partial charge on any atom is -0.493 e. The molecule has 4 aromatic rings. The monoisotopic (exact) mass is 421 g/mol. The van der Waals surface area contributed by atoms with E-state index in [-0.39, 0.29) is 17.7 Å². The van der Waals surface area contributed by atoms with E-state index in [1.165, 1.54) is 0 Å². The number of amides is 1. The molecule has 0 bridgehead atoms. The van der Waals surface area contributed by atoms with Crippen LogP contribution in [0.3, 0.4) is 0 Å². The van der Waals surface area contributed by atoms with Crippen molar-refractivity contribution in [1.29, 1.82) is 0 Å². The number of carbonyl (C=O) groups excluding carboxylic acids is 1. The van der Waals surface area contributed by atoms with Crippen LogP contribution in [0.2, 0.25) is 0 Å². The lowest BCUT2D eigenvalue weighted by Gasteiger charge is -2.17. The smallest absolute Gasteiger partial charge is 0.269 e. The summed E-state index contributed by atoms with van der Waals surface area (Å²) in [5.74, 6) is -0.590. The van der Waals surface area contributed by atoms with Crippen LogP contribution in [0.15, 0.2) is 108 Å². The number of azo groups is 1. The number of fused-ring (bicyclic) bond motifs is 1. The van der Waals surface area contributed by atoms with Crippen molar-refractivity contribution in [3.63, 3.8) is 0 Å². The summed E-state index contributed by atoms with van der Waals surface area (Å²) in [7, 11) is 0. The highest BCUT2D eigenvalue weighted by Crippen LogP contribution is 2.59. The number of para-hydroxylation sites is 1. The van der Waals surface area contributed by atoms with Gasteiger partial charge in [-0.1, -0.05) is 84.9 Å². The highest BCUT2D eigenvalue weighted by Gasteiger charge is 2.60. The summed E-state index contributed by atoms with van der Waals surface area (Å²) >= 11 is 0. The van der Waals surface area contributed by atoms with Gasteiger partial charge in [0.15, 0.2) is 5.69 Å². The first-order valence-electron chi connectivity index (χ1n) is 10.6. The molecule has 1 amide bonds.